The zero-order valence-electron chi connectivity index (χ0n) is 23.9. The van der Waals surface area contributed by atoms with Gasteiger partial charge in [0.1, 0.15) is 5.75 Å². The molecule has 0 radical (unpaired) electrons. The van der Waals surface area contributed by atoms with E-state index < -0.39 is 7.82 Å². The van der Waals surface area contributed by atoms with E-state index in [1.807, 2.05) is 0 Å². The van der Waals surface area contributed by atoms with Crippen molar-refractivity contribution in [3.63, 3.8) is 0 Å². The summed E-state index contributed by atoms with van der Waals surface area (Å²) in [5.74, 6) is 0.445. The highest BCUT2D eigenvalue weighted by Gasteiger charge is 2.21. The number of benzene rings is 1. The van der Waals surface area contributed by atoms with Gasteiger partial charge in [-0.25, -0.2) is 4.57 Å². The lowest BCUT2D eigenvalue weighted by Gasteiger charge is -2.18. The van der Waals surface area contributed by atoms with Crippen molar-refractivity contribution in [3.8, 4) is 5.75 Å². The van der Waals surface area contributed by atoms with Crippen molar-refractivity contribution in [2.45, 2.75) is 162 Å². The average molecular weight is 525 g/mol. The fourth-order valence-electron chi connectivity index (χ4n) is 5.14. The van der Waals surface area contributed by atoms with Gasteiger partial charge in [0.15, 0.2) is 0 Å². The Morgan fingerprint density at radius 3 is 1.19 bits per heavy atom. The van der Waals surface area contributed by atoms with Crippen LogP contribution >= 0.6 is 7.82 Å². The topological polar surface area (TPSA) is 66.8 Å². The predicted octanol–water partition coefficient (Wildman–Crippen LogP) is 10.4. The van der Waals surface area contributed by atoms with E-state index >= 15 is 0 Å². The molecule has 0 heterocycles. The van der Waals surface area contributed by atoms with Gasteiger partial charge in [0, 0.05) is 0 Å². The van der Waals surface area contributed by atoms with Gasteiger partial charge in [0.2, 0.25) is 0 Å². The summed E-state index contributed by atoms with van der Waals surface area (Å²) in [7, 11) is -4.59. The van der Waals surface area contributed by atoms with Crippen LogP contribution in [0.5, 0.6) is 5.75 Å². The molecule has 1 aromatic rings. The maximum absolute atomic E-state index is 11.7. The van der Waals surface area contributed by atoms with Crippen LogP contribution in [0.15, 0.2) is 12.1 Å². The number of unbranched alkanes of at least 4 members (excludes halogenated alkanes) is 18. The summed E-state index contributed by atoms with van der Waals surface area (Å²) >= 11 is 0. The van der Waals surface area contributed by atoms with Crippen molar-refractivity contribution in [3.05, 3.63) is 28.8 Å². The smallest absolute Gasteiger partial charge is 0.404 e. The summed E-state index contributed by atoms with van der Waals surface area (Å²) < 4.78 is 17.0. The molecule has 1 rings (SSSR count). The number of aryl methyl sites for hydroxylation is 3. The molecule has 0 aliphatic carbocycles. The van der Waals surface area contributed by atoms with Crippen molar-refractivity contribution in [1.82, 2.24) is 0 Å². The summed E-state index contributed by atoms with van der Waals surface area (Å²) in [4.78, 5) is 19.1. The van der Waals surface area contributed by atoms with Crippen LogP contribution in [-0.2, 0) is 17.4 Å². The van der Waals surface area contributed by atoms with E-state index in [4.69, 9.17) is 4.52 Å². The van der Waals surface area contributed by atoms with Crippen LogP contribution in [0.1, 0.15) is 159 Å². The highest BCUT2D eigenvalue weighted by Crippen LogP contribution is 2.42. The van der Waals surface area contributed by atoms with Gasteiger partial charge in [0.05, 0.1) is 0 Å². The minimum Gasteiger partial charge on any atom is -0.404 e. The van der Waals surface area contributed by atoms with Gasteiger partial charge < -0.3 is 4.52 Å². The molecule has 0 saturated carbocycles. The molecule has 0 bridgehead atoms. The Balaban J connectivity index is 2.47. The maximum atomic E-state index is 11.7. The average Bonchev–Trinajstić information content (AvgIpc) is 2.82. The van der Waals surface area contributed by atoms with Crippen molar-refractivity contribution in [2.24, 2.45) is 0 Å². The SMILES string of the molecule is CCCCCCCCCCCCc1cc(C)cc(CCCCCCCCCCCC)c1OP(=O)(O)O. The Hall–Kier alpha value is -0.830. The Morgan fingerprint density at radius 2 is 0.889 bits per heavy atom. The molecule has 5 heteroatoms. The van der Waals surface area contributed by atoms with Crippen LogP contribution in [0.3, 0.4) is 0 Å². The standard InChI is InChI=1S/C31H57O4P/c1-4-6-8-10-12-14-16-18-20-22-24-29-26-28(3)27-30(31(29)35-36(32,33)34)25-23-21-19-17-15-13-11-9-7-5-2/h26-27H,4-25H2,1-3H3,(H2,32,33,34). The highest BCUT2D eigenvalue weighted by atomic mass is 31.2. The molecule has 2 N–H and O–H groups in total. The molecular formula is C31H57O4P. The van der Waals surface area contributed by atoms with Crippen LogP contribution in [0.2, 0.25) is 0 Å². The van der Waals surface area contributed by atoms with E-state index in [-0.39, 0.29) is 0 Å². The Morgan fingerprint density at radius 1 is 0.583 bits per heavy atom. The first-order valence-electron chi connectivity index (χ1n) is 15.2. The summed E-state index contributed by atoms with van der Waals surface area (Å²) in [6, 6.07) is 4.11. The van der Waals surface area contributed by atoms with Crippen molar-refractivity contribution in [2.75, 3.05) is 0 Å². The third-order valence-corrected chi connectivity index (χ3v) is 7.62. The molecule has 0 aliphatic heterocycles. The lowest BCUT2D eigenvalue weighted by Crippen LogP contribution is -2.02. The van der Waals surface area contributed by atoms with E-state index in [1.165, 1.54) is 103 Å². The largest absolute Gasteiger partial charge is 0.524 e. The first-order chi connectivity index (χ1) is 17.4. The minimum absolute atomic E-state index is 0.445. The molecule has 0 atom stereocenters. The van der Waals surface area contributed by atoms with E-state index in [2.05, 4.69) is 32.9 Å². The Labute approximate surface area is 223 Å². The van der Waals surface area contributed by atoms with Gasteiger partial charge in [-0.3, -0.25) is 9.79 Å². The monoisotopic (exact) mass is 524 g/mol. The molecule has 210 valence electrons. The van der Waals surface area contributed by atoms with Gasteiger partial charge in [-0.05, 0) is 43.7 Å². The molecule has 0 unspecified atom stereocenters. The van der Waals surface area contributed by atoms with Crippen LogP contribution in [-0.4, -0.2) is 9.79 Å². The third-order valence-electron chi connectivity index (χ3n) is 7.20. The second kappa shape index (κ2) is 21.1. The van der Waals surface area contributed by atoms with Crippen LogP contribution in [0.25, 0.3) is 0 Å². The van der Waals surface area contributed by atoms with Crippen molar-refractivity contribution >= 4 is 7.82 Å². The molecule has 0 aromatic heterocycles. The zero-order valence-corrected chi connectivity index (χ0v) is 24.8. The summed E-state index contributed by atoms with van der Waals surface area (Å²) in [6.45, 7) is 6.59. The second-order valence-electron chi connectivity index (χ2n) is 10.9. The summed E-state index contributed by atoms with van der Waals surface area (Å²) in [6.07, 6.45) is 27.2. The van der Waals surface area contributed by atoms with Crippen LogP contribution in [0.4, 0.5) is 0 Å². The number of rotatable bonds is 24. The highest BCUT2D eigenvalue weighted by molar-refractivity contribution is 7.46. The lowest BCUT2D eigenvalue weighted by atomic mass is 9.96. The number of hydrogen-bond donors (Lipinski definition) is 2. The molecule has 0 fully saturated rings. The van der Waals surface area contributed by atoms with Gasteiger partial charge in [-0.15, -0.1) is 0 Å². The molecular weight excluding hydrogens is 467 g/mol. The number of phosphoric acid groups is 1. The zero-order chi connectivity index (χ0) is 26.5. The molecule has 4 nitrogen and oxygen atoms in total. The van der Waals surface area contributed by atoms with E-state index in [9.17, 15) is 14.4 Å². The Kier molecular flexibility index (Phi) is 19.5. The molecule has 0 aliphatic rings. The van der Waals surface area contributed by atoms with Crippen molar-refractivity contribution < 1.29 is 18.9 Å². The fourth-order valence-corrected chi connectivity index (χ4v) is 5.61. The quantitative estimate of drug-likeness (QED) is 0.104. The van der Waals surface area contributed by atoms with Gasteiger partial charge in [0.25, 0.3) is 0 Å². The van der Waals surface area contributed by atoms with E-state index in [0.29, 0.717) is 5.75 Å². The molecule has 0 saturated heterocycles. The lowest BCUT2D eigenvalue weighted by molar-refractivity contribution is 0.281. The predicted molar refractivity (Wildman–Crippen MR) is 155 cm³/mol. The van der Waals surface area contributed by atoms with Crippen molar-refractivity contribution in [1.29, 1.82) is 0 Å². The maximum Gasteiger partial charge on any atom is 0.524 e. The second-order valence-corrected chi connectivity index (χ2v) is 12.0. The Bertz CT molecular complexity index is 668. The van der Waals surface area contributed by atoms with E-state index in [0.717, 1.165) is 55.2 Å². The molecule has 0 amide bonds. The fraction of sp³-hybridized carbons (Fsp3) is 0.806. The molecule has 0 spiro atoms. The van der Waals surface area contributed by atoms with Gasteiger partial charge in [-0.1, -0.05) is 147 Å². The third kappa shape index (κ3) is 17.6. The minimum atomic E-state index is -4.59. The van der Waals surface area contributed by atoms with Gasteiger partial charge in [-0.2, -0.15) is 0 Å². The first kappa shape index (κ1) is 33.2. The summed E-state index contributed by atoms with van der Waals surface area (Å²) in [5.41, 5.74) is 3.07. The van der Waals surface area contributed by atoms with Crippen LogP contribution < -0.4 is 4.52 Å². The number of hydrogen-bond acceptors (Lipinski definition) is 2. The first-order valence-corrected chi connectivity index (χ1v) is 16.8. The van der Waals surface area contributed by atoms with Gasteiger partial charge >= 0.3 is 7.82 Å². The summed E-state index contributed by atoms with van der Waals surface area (Å²) in [5, 5.41) is 0. The number of phosphoric ester groups is 1. The molecule has 36 heavy (non-hydrogen) atoms. The normalized spacial score (nSPS) is 11.8. The molecule has 1 aromatic carbocycles. The van der Waals surface area contributed by atoms with Crippen LogP contribution in [0, 0.1) is 6.92 Å². The van der Waals surface area contributed by atoms with E-state index in [1.54, 1.807) is 0 Å².